The van der Waals surface area contributed by atoms with Crippen LogP contribution in [0.3, 0.4) is 0 Å². The minimum Gasteiger partial charge on any atom is -0.355 e. The molecule has 0 spiro atoms. The minimum atomic E-state index is -0.0546. The molecule has 0 saturated heterocycles. The predicted octanol–water partition coefficient (Wildman–Crippen LogP) is 1.80. The fraction of sp³-hybridized carbons (Fsp3) is 0.500. The van der Waals surface area contributed by atoms with E-state index in [0.717, 1.165) is 12.0 Å². The zero-order chi connectivity index (χ0) is 14.3. The first kappa shape index (κ1) is 16.0. The van der Waals surface area contributed by atoms with Crippen LogP contribution in [-0.4, -0.2) is 37.5 Å². The maximum Gasteiger partial charge on any atom is 0.234 e. The summed E-state index contributed by atoms with van der Waals surface area (Å²) in [5.41, 5.74) is 6.77. The van der Waals surface area contributed by atoms with E-state index in [2.05, 4.69) is 5.32 Å². The van der Waals surface area contributed by atoms with E-state index in [9.17, 15) is 4.79 Å². The van der Waals surface area contributed by atoms with Crippen molar-refractivity contribution in [1.29, 1.82) is 0 Å². The number of benzene rings is 1. The molecule has 1 atom stereocenters. The molecule has 0 aromatic heterocycles. The van der Waals surface area contributed by atoms with Gasteiger partial charge in [-0.25, -0.2) is 0 Å². The number of rotatable bonds is 7. The summed E-state index contributed by atoms with van der Waals surface area (Å²) in [6.45, 7) is 3.46. The van der Waals surface area contributed by atoms with Crippen LogP contribution in [0.5, 0.6) is 0 Å². The Morgan fingerprint density at radius 3 is 2.74 bits per heavy atom. The second-order valence-electron chi connectivity index (χ2n) is 4.54. The molecule has 0 heterocycles. The number of nitrogens with two attached hydrogens (primary N) is 1. The van der Waals surface area contributed by atoms with Crippen LogP contribution in [0.25, 0.3) is 0 Å². The lowest BCUT2D eigenvalue weighted by Gasteiger charge is -2.27. The van der Waals surface area contributed by atoms with Crippen LogP contribution >= 0.6 is 11.6 Å². The van der Waals surface area contributed by atoms with E-state index in [1.54, 1.807) is 0 Å². The lowest BCUT2D eigenvalue weighted by atomic mass is 10.1. The molecule has 1 rings (SSSR count). The molecule has 0 aliphatic carbocycles. The molecule has 1 aromatic carbocycles. The molecule has 19 heavy (non-hydrogen) atoms. The number of carbonyl (C=O) groups excluding carboxylic acids is 1. The van der Waals surface area contributed by atoms with Gasteiger partial charge in [0, 0.05) is 24.2 Å². The molecule has 0 aliphatic heterocycles. The van der Waals surface area contributed by atoms with Crippen molar-refractivity contribution in [2.24, 2.45) is 5.73 Å². The monoisotopic (exact) mass is 283 g/mol. The summed E-state index contributed by atoms with van der Waals surface area (Å²) >= 11 is 6.18. The van der Waals surface area contributed by atoms with Gasteiger partial charge in [0.15, 0.2) is 0 Å². The molecule has 3 N–H and O–H groups in total. The van der Waals surface area contributed by atoms with Gasteiger partial charge < -0.3 is 11.1 Å². The van der Waals surface area contributed by atoms with E-state index in [0.29, 0.717) is 24.7 Å². The van der Waals surface area contributed by atoms with Crippen molar-refractivity contribution in [2.45, 2.75) is 19.4 Å². The summed E-state index contributed by atoms with van der Waals surface area (Å²) in [4.78, 5) is 13.6. The molecular formula is C14H22ClN3O. The number of carbonyl (C=O) groups is 1. The van der Waals surface area contributed by atoms with E-state index in [-0.39, 0.29) is 11.9 Å². The van der Waals surface area contributed by atoms with Crippen LogP contribution in [0.15, 0.2) is 24.3 Å². The third-order valence-electron chi connectivity index (χ3n) is 2.98. The summed E-state index contributed by atoms with van der Waals surface area (Å²) in [5.74, 6) is 0.00912. The lowest BCUT2D eigenvalue weighted by molar-refractivity contribution is -0.122. The maximum atomic E-state index is 11.7. The van der Waals surface area contributed by atoms with Crippen LogP contribution in [0.4, 0.5) is 0 Å². The van der Waals surface area contributed by atoms with Crippen molar-refractivity contribution in [1.82, 2.24) is 10.2 Å². The summed E-state index contributed by atoms with van der Waals surface area (Å²) < 4.78 is 0. The van der Waals surface area contributed by atoms with E-state index < -0.39 is 0 Å². The van der Waals surface area contributed by atoms with Gasteiger partial charge in [0.05, 0.1) is 6.54 Å². The highest BCUT2D eigenvalue weighted by molar-refractivity contribution is 6.31. The third-order valence-corrected chi connectivity index (χ3v) is 3.33. The van der Waals surface area contributed by atoms with Crippen molar-refractivity contribution in [3.8, 4) is 0 Å². The molecular weight excluding hydrogens is 262 g/mol. The van der Waals surface area contributed by atoms with Crippen molar-refractivity contribution in [2.75, 3.05) is 26.7 Å². The molecule has 0 aliphatic rings. The number of nitrogens with one attached hydrogen (secondary N) is 1. The third kappa shape index (κ3) is 4.82. The van der Waals surface area contributed by atoms with Crippen LogP contribution in [0.1, 0.15) is 24.9 Å². The zero-order valence-corrected chi connectivity index (χ0v) is 12.3. The van der Waals surface area contributed by atoms with Gasteiger partial charge in [-0.15, -0.1) is 0 Å². The lowest BCUT2D eigenvalue weighted by Crippen LogP contribution is -2.39. The average Bonchev–Trinajstić information content (AvgIpc) is 2.39. The summed E-state index contributed by atoms with van der Waals surface area (Å²) in [6.07, 6.45) is 0.931. The first-order valence-electron chi connectivity index (χ1n) is 6.51. The highest BCUT2D eigenvalue weighted by Crippen LogP contribution is 2.25. The Balaban J connectivity index is 2.69. The summed E-state index contributed by atoms with van der Waals surface area (Å²) in [7, 11) is 1.88. The molecule has 1 amide bonds. The van der Waals surface area contributed by atoms with Crippen molar-refractivity contribution < 1.29 is 4.79 Å². The number of hydrogen-bond acceptors (Lipinski definition) is 3. The van der Waals surface area contributed by atoms with Crippen molar-refractivity contribution in [3.05, 3.63) is 34.9 Å². The first-order valence-corrected chi connectivity index (χ1v) is 6.89. The van der Waals surface area contributed by atoms with Crippen LogP contribution < -0.4 is 11.1 Å². The highest BCUT2D eigenvalue weighted by atomic mass is 35.5. The molecule has 0 radical (unpaired) electrons. The number of nitrogens with zero attached hydrogens (tertiary/aromatic N) is 1. The summed E-state index contributed by atoms with van der Waals surface area (Å²) in [5, 5.41) is 3.53. The normalized spacial score (nSPS) is 12.5. The fourth-order valence-corrected chi connectivity index (χ4v) is 2.21. The Hall–Kier alpha value is -1.10. The highest BCUT2D eigenvalue weighted by Gasteiger charge is 2.19. The smallest absolute Gasteiger partial charge is 0.234 e. The first-order chi connectivity index (χ1) is 9.10. The minimum absolute atomic E-state index is 0.00912. The second-order valence-corrected chi connectivity index (χ2v) is 4.95. The van der Waals surface area contributed by atoms with Crippen molar-refractivity contribution >= 4 is 17.5 Å². The van der Waals surface area contributed by atoms with Gasteiger partial charge in [-0.1, -0.05) is 36.7 Å². The van der Waals surface area contributed by atoms with E-state index in [1.165, 1.54) is 0 Å². The van der Waals surface area contributed by atoms with E-state index in [1.807, 2.05) is 43.1 Å². The quantitative estimate of drug-likeness (QED) is 0.802. The largest absolute Gasteiger partial charge is 0.355 e. The predicted molar refractivity (Wildman–Crippen MR) is 79.2 cm³/mol. The van der Waals surface area contributed by atoms with Crippen molar-refractivity contribution in [3.63, 3.8) is 0 Å². The number of halogens is 1. The van der Waals surface area contributed by atoms with E-state index >= 15 is 0 Å². The van der Waals surface area contributed by atoms with Crippen LogP contribution in [0, 0.1) is 0 Å². The van der Waals surface area contributed by atoms with Gasteiger partial charge in [0.25, 0.3) is 0 Å². The Kier molecular flexibility index (Phi) is 6.84. The van der Waals surface area contributed by atoms with E-state index in [4.69, 9.17) is 17.3 Å². The van der Waals surface area contributed by atoms with Gasteiger partial charge in [-0.05, 0) is 25.1 Å². The Morgan fingerprint density at radius 1 is 1.47 bits per heavy atom. The summed E-state index contributed by atoms with van der Waals surface area (Å²) in [6, 6.07) is 7.54. The molecule has 1 aromatic rings. The molecule has 0 bridgehead atoms. The molecule has 106 valence electrons. The second kappa shape index (κ2) is 8.15. The zero-order valence-electron chi connectivity index (χ0n) is 11.5. The molecule has 4 nitrogen and oxygen atoms in total. The topological polar surface area (TPSA) is 58.4 Å². The fourth-order valence-electron chi connectivity index (χ4n) is 1.95. The molecule has 5 heteroatoms. The van der Waals surface area contributed by atoms with Gasteiger partial charge in [-0.3, -0.25) is 9.69 Å². The van der Waals surface area contributed by atoms with Crippen LogP contribution in [0.2, 0.25) is 5.02 Å². The van der Waals surface area contributed by atoms with Gasteiger partial charge >= 0.3 is 0 Å². The number of likely N-dealkylation sites (N-methyl/N-ethyl adjacent to an activating group) is 1. The molecule has 0 fully saturated rings. The SMILES string of the molecule is CCCNC(=O)CN(C)C(CN)c1ccccc1Cl. The maximum absolute atomic E-state index is 11.7. The standard InChI is InChI=1S/C14H22ClN3O/c1-3-8-17-14(19)10-18(2)13(9-16)11-6-4-5-7-12(11)15/h4-7,13H,3,8-10,16H2,1-2H3,(H,17,19). The molecule has 0 saturated carbocycles. The van der Waals surface area contributed by atoms with Gasteiger partial charge in [-0.2, -0.15) is 0 Å². The van der Waals surface area contributed by atoms with Crippen LogP contribution in [-0.2, 0) is 4.79 Å². The van der Waals surface area contributed by atoms with Gasteiger partial charge in [0.1, 0.15) is 0 Å². The Bertz CT molecular complexity index is 411. The Labute approximate surface area is 119 Å². The van der Waals surface area contributed by atoms with Gasteiger partial charge in [0.2, 0.25) is 5.91 Å². The number of hydrogen-bond donors (Lipinski definition) is 2. The number of amides is 1. The molecule has 1 unspecified atom stereocenters. The Morgan fingerprint density at radius 2 is 2.16 bits per heavy atom. The average molecular weight is 284 g/mol.